The molecule has 1 aliphatic heterocycles. The Bertz CT molecular complexity index is 1450. The Labute approximate surface area is 170 Å². The lowest BCUT2D eigenvalue weighted by molar-refractivity contribution is -0.122. The molecule has 0 spiro atoms. The number of nitrogens with zero attached hydrogens (tertiary/aromatic N) is 2. The summed E-state index contributed by atoms with van der Waals surface area (Å²) in [6.07, 6.45) is 3.61. The van der Waals surface area contributed by atoms with Crippen LogP contribution < -0.4 is 5.32 Å². The standard InChI is InChI=1S/C23H17N3O4/c1-25-10-15(13-5-3-4-6-17(13)25)19-20(22(28)24-21(19)27)16-11-26(2)18-9-12(23(29)30)7-8-14(16)18/h3-11H,1-2H3,(H,29,30)(H,24,27,28). The molecule has 7 heteroatoms. The number of imide groups is 1. The Morgan fingerprint density at radius 3 is 2.03 bits per heavy atom. The van der Waals surface area contributed by atoms with Gasteiger partial charge in [-0.15, -0.1) is 0 Å². The van der Waals surface area contributed by atoms with E-state index in [1.165, 1.54) is 6.07 Å². The molecule has 5 rings (SSSR count). The summed E-state index contributed by atoms with van der Waals surface area (Å²) in [6, 6.07) is 12.4. The summed E-state index contributed by atoms with van der Waals surface area (Å²) >= 11 is 0. The van der Waals surface area contributed by atoms with Crippen molar-refractivity contribution in [1.29, 1.82) is 0 Å². The summed E-state index contributed by atoms with van der Waals surface area (Å²) in [4.78, 5) is 37.0. The topological polar surface area (TPSA) is 93.3 Å². The minimum Gasteiger partial charge on any atom is -0.478 e. The number of aromatic nitrogens is 2. The fourth-order valence-electron chi connectivity index (χ4n) is 4.23. The number of para-hydroxylation sites is 1. The Kier molecular flexibility index (Phi) is 3.70. The molecule has 30 heavy (non-hydrogen) atoms. The Hall–Kier alpha value is -4.13. The fourth-order valence-corrected chi connectivity index (χ4v) is 4.23. The highest BCUT2D eigenvalue weighted by Gasteiger charge is 2.35. The van der Waals surface area contributed by atoms with Crippen molar-refractivity contribution in [2.75, 3.05) is 0 Å². The van der Waals surface area contributed by atoms with E-state index in [0.29, 0.717) is 33.2 Å². The number of amides is 2. The largest absolute Gasteiger partial charge is 0.478 e. The lowest BCUT2D eigenvalue weighted by Gasteiger charge is -2.03. The van der Waals surface area contributed by atoms with Crippen LogP contribution in [0.4, 0.5) is 0 Å². The molecule has 0 atom stereocenters. The third-order valence-corrected chi connectivity index (χ3v) is 5.60. The number of nitrogens with one attached hydrogen (secondary N) is 1. The van der Waals surface area contributed by atoms with Crippen molar-refractivity contribution in [3.8, 4) is 0 Å². The van der Waals surface area contributed by atoms with Crippen molar-refractivity contribution in [3.05, 3.63) is 71.5 Å². The lowest BCUT2D eigenvalue weighted by Crippen LogP contribution is -2.22. The first-order valence-electron chi connectivity index (χ1n) is 9.34. The predicted octanol–water partition coefficient (Wildman–Crippen LogP) is 2.94. The highest BCUT2D eigenvalue weighted by molar-refractivity contribution is 6.50. The highest BCUT2D eigenvalue weighted by Crippen LogP contribution is 2.38. The van der Waals surface area contributed by atoms with Gasteiger partial charge in [-0.25, -0.2) is 4.79 Å². The number of rotatable bonds is 3. The Balaban J connectivity index is 1.83. The van der Waals surface area contributed by atoms with E-state index >= 15 is 0 Å². The van der Waals surface area contributed by atoms with Crippen molar-refractivity contribution in [2.24, 2.45) is 14.1 Å². The van der Waals surface area contributed by atoms with E-state index < -0.39 is 17.8 Å². The van der Waals surface area contributed by atoms with Crippen LogP contribution in [0.25, 0.3) is 33.0 Å². The van der Waals surface area contributed by atoms with Crippen molar-refractivity contribution in [3.63, 3.8) is 0 Å². The molecular formula is C23H17N3O4. The van der Waals surface area contributed by atoms with Gasteiger partial charge >= 0.3 is 5.97 Å². The van der Waals surface area contributed by atoms with Gasteiger partial charge in [0.25, 0.3) is 11.8 Å². The second kappa shape index (κ2) is 6.18. The fraction of sp³-hybridized carbons (Fsp3) is 0.0870. The maximum absolute atomic E-state index is 12.8. The average molecular weight is 399 g/mol. The molecule has 0 radical (unpaired) electrons. The van der Waals surface area contributed by atoms with E-state index in [1.807, 2.05) is 42.1 Å². The van der Waals surface area contributed by atoms with Crippen molar-refractivity contribution in [2.45, 2.75) is 0 Å². The smallest absolute Gasteiger partial charge is 0.335 e. The van der Waals surface area contributed by atoms with E-state index in [0.717, 1.165) is 10.9 Å². The number of hydrogen-bond donors (Lipinski definition) is 2. The molecule has 7 nitrogen and oxygen atoms in total. The number of carbonyl (C=O) groups excluding carboxylic acids is 2. The predicted molar refractivity (Wildman–Crippen MR) is 113 cm³/mol. The van der Waals surface area contributed by atoms with Gasteiger partial charge in [0.1, 0.15) is 0 Å². The first-order chi connectivity index (χ1) is 14.4. The van der Waals surface area contributed by atoms with Crippen molar-refractivity contribution >= 4 is 50.7 Å². The van der Waals surface area contributed by atoms with Crippen molar-refractivity contribution in [1.82, 2.24) is 14.5 Å². The van der Waals surface area contributed by atoms with E-state index in [1.54, 1.807) is 29.9 Å². The van der Waals surface area contributed by atoms with Crippen LogP contribution >= 0.6 is 0 Å². The summed E-state index contributed by atoms with van der Waals surface area (Å²) in [6.45, 7) is 0. The molecule has 2 amide bonds. The third kappa shape index (κ3) is 2.42. The number of aryl methyl sites for hydroxylation is 2. The molecule has 0 aliphatic carbocycles. The number of carboxylic acid groups (broad SMARTS) is 1. The quantitative estimate of drug-likeness (QED) is 0.518. The maximum atomic E-state index is 12.8. The van der Waals surface area contributed by atoms with Gasteiger partial charge in [-0.1, -0.05) is 24.3 Å². The van der Waals surface area contributed by atoms with Gasteiger partial charge in [0.2, 0.25) is 0 Å². The molecule has 0 unspecified atom stereocenters. The SMILES string of the molecule is Cn1cc(C2=C(c3cn(C)c4cc(C(=O)O)ccc34)C(=O)NC2=O)c2ccccc21. The number of carboxylic acids is 1. The van der Waals surface area contributed by atoms with Crippen LogP contribution in [0.5, 0.6) is 0 Å². The number of fused-ring (bicyclic) bond motifs is 2. The molecule has 2 aromatic heterocycles. The zero-order valence-corrected chi connectivity index (χ0v) is 16.3. The zero-order chi connectivity index (χ0) is 21.2. The number of hydrogen-bond acceptors (Lipinski definition) is 3. The van der Waals surface area contributed by atoms with E-state index in [-0.39, 0.29) is 5.56 Å². The molecule has 0 fully saturated rings. The van der Waals surface area contributed by atoms with Gasteiger partial charge in [-0.2, -0.15) is 0 Å². The molecule has 0 bridgehead atoms. The van der Waals surface area contributed by atoms with Gasteiger partial charge in [0.15, 0.2) is 0 Å². The van der Waals surface area contributed by atoms with Gasteiger partial charge in [0, 0.05) is 59.4 Å². The Morgan fingerprint density at radius 2 is 1.40 bits per heavy atom. The van der Waals surface area contributed by atoms with Crippen LogP contribution in [0.1, 0.15) is 21.5 Å². The van der Waals surface area contributed by atoms with Gasteiger partial charge in [-0.3, -0.25) is 14.9 Å². The van der Waals surface area contributed by atoms with E-state index in [4.69, 9.17) is 0 Å². The first-order valence-corrected chi connectivity index (χ1v) is 9.34. The van der Waals surface area contributed by atoms with Crippen LogP contribution in [0.2, 0.25) is 0 Å². The molecule has 0 saturated heterocycles. The molecule has 0 saturated carbocycles. The molecule has 3 heterocycles. The molecule has 4 aromatic rings. The first kappa shape index (κ1) is 17.9. The minimum absolute atomic E-state index is 0.158. The van der Waals surface area contributed by atoms with Gasteiger partial charge < -0.3 is 14.2 Å². The number of benzene rings is 2. The second-order valence-corrected chi connectivity index (χ2v) is 7.39. The van der Waals surface area contributed by atoms with Gasteiger partial charge in [-0.05, 0) is 18.2 Å². The normalized spacial score (nSPS) is 14.2. The maximum Gasteiger partial charge on any atom is 0.335 e. The molecule has 148 valence electrons. The molecule has 2 aromatic carbocycles. The second-order valence-electron chi connectivity index (χ2n) is 7.39. The van der Waals surface area contributed by atoms with Crippen LogP contribution in [-0.2, 0) is 23.7 Å². The summed E-state index contributed by atoms with van der Waals surface area (Å²) < 4.78 is 3.69. The molecule has 2 N–H and O–H groups in total. The summed E-state index contributed by atoms with van der Waals surface area (Å²) in [5, 5.41) is 13.3. The number of aromatic carboxylic acids is 1. The van der Waals surface area contributed by atoms with Crippen LogP contribution in [0.3, 0.4) is 0 Å². The minimum atomic E-state index is -1.02. The van der Waals surface area contributed by atoms with E-state index in [9.17, 15) is 19.5 Å². The lowest BCUT2D eigenvalue weighted by atomic mass is 9.95. The van der Waals surface area contributed by atoms with Crippen LogP contribution in [-0.4, -0.2) is 32.0 Å². The average Bonchev–Trinajstić information content (AvgIpc) is 3.32. The number of carbonyl (C=O) groups is 3. The molecular weight excluding hydrogens is 382 g/mol. The summed E-state index contributed by atoms with van der Waals surface area (Å²) in [7, 11) is 3.68. The zero-order valence-electron chi connectivity index (χ0n) is 16.3. The molecule has 1 aliphatic rings. The van der Waals surface area contributed by atoms with Crippen LogP contribution in [0.15, 0.2) is 54.9 Å². The van der Waals surface area contributed by atoms with Crippen LogP contribution in [0, 0.1) is 0 Å². The summed E-state index contributed by atoms with van der Waals surface area (Å²) in [5.41, 5.74) is 3.68. The monoisotopic (exact) mass is 399 g/mol. The van der Waals surface area contributed by atoms with E-state index in [2.05, 4.69) is 5.32 Å². The summed E-state index contributed by atoms with van der Waals surface area (Å²) in [5.74, 6) is -1.92. The highest BCUT2D eigenvalue weighted by atomic mass is 16.4. The van der Waals surface area contributed by atoms with Crippen molar-refractivity contribution < 1.29 is 19.5 Å². The third-order valence-electron chi connectivity index (χ3n) is 5.60. The Morgan fingerprint density at radius 1 is 0.833 bits per heavy atom. The van der Waals surface area contributed by atoms with Gasteiger partial charge in [0.05, 0.1) is 16.7 Å².